The molecule has 1 aromatic rings. The van der Waals surface area contributed by atoms with Gasteiger partial charge in [-0.3, -0.25) is 0 Å². The van der Waals surface area contributed by atoms with Gasteiger partial charge < -0.3 is 0 Å². The van der Waals surface area contributed by atoms with E-state index in [4.69, 9.17) is 11.6 Å². The maximum Gasteiger partial charge on any atom is 0.183 e. The molecule has 1 aliphatic rings. The molecule has 78 valence electrons. The van der Waals surface area contributed by atoms with Crippen molar-refractivity contribution in [3.05, 3.63) is 15.5 Å². The van der Waals surface area contributed by atoms with Crippen molar-refractivity contribution in [3.8, 4) is 0 Å². The molecule has 0 amide bonds. The smallest absolute Gasteiger partial charge is 0.183 e. The molecule has 0 unspecified atom stereocenters. The molecule has 0 bridgehead atoms. The van der Waals surface area contributed by atoms with Gasteiger partial charge in [-0.25, -0.2) is 4.98 Å². The van der Waals surface area contributed by atoms with E-state index in [0.29, 0.717) is 4.47 Å². The molecule has 0 radical (unpaired) electrons. The van der Waals surface area contributed by atoms with Crippen molar-refractivity contribution in [1.29, 1.82) is 0 Å². The largest absolute Gasteiger partial charge is 0.233 e. The first kappa shape index (κ1) is 10.8. The predicted molar refractivity (Wildman–Crippen MR) is 65.3 cm³/mol. The van der Waals surface area contributed by atoms with Crippen molar-refractivity contribution in [3.63, 3.8) is 0 Å². The Labute approximate surface area is 98.3 Å². The van der Waals surface area contributed by atoms with Gasteiger partial charge in [0.25, 0.3) is 0 Å². The van der Waals surface area contributed by atoms with E-state index >= 15 is 0 Å². The minimum atomic E-state index is 0.671. The summed E-state index contributed by atoms with van der Waals surface area (Å²) in [5, 5.41) is 0.879. The SMILES string of the molecule is Clc1ncc(CSC2CCCCC2)s1. The summed E-state index contributed by atoms with van der Waals surface area (Å²) in [5.41, 5.74) is 0. The lowest BCUT2D eigenvalue weighted by atomic mass is 10.0. The van der Waals surface area contributed by atoms with Crippen LogP contribution in [-0.2, 0) is 5.75 Å². The summed E-state index contributed by atoms with van der Waals surface area (Å²) in [4.78, 5) is 5.36. The maximum atomic E-state index is 5.78. The minimum absolute atomic E-state index is 0.671. The Morgan fingerprint density at radius 3 is 2.86 bits per heavy atom. The first-order chi connectivity index (χ1) is 6.84. The van der Waals surface area contributed by atoms with Gasteiger partial charge in [-0.05, 0) is 12.8 Å². The summed E-state index contributed by atoms with van der Waals surface area (Å²) in [7, 11) is 0. The van der Waals surface area contributed by atoms with Crippen LogP contribution in [0.25, 0.3) is 0 Å². The highest BCUT2D eigenvalue weighted by atomic mass is 35.5. The molecule has 0 aromatic carbocycles. The van der Waals surface area contributed by atoms with Gasteiger partial charge in [0, 0.05) is 22.1 Å². The quantitative estimate of drug-likeness (QED) is 0.787. The standard InChI is InChI=1S/C10H14ClNS2/c11-10-12-6-9(14-10)7-13-8-4-2-1-3-5-8/h6,8H,1-5,7H2. The van der Waals surface area contributed by atoms with Crippen LogP contribution in [0.15, 0.2) is 6.20 Å². The third-order valence-corrected chi connectivity index (χ3v) is 5.26. The Morgan fingerprint density at radius 1 is 1.43 bits per heavy atom. The minimum Gasteiger partial charge on any atom is -0.233 e. The van der Waals surface area contributed by atoms with E-state index in [2.05, 4.69) is 16.7 Å². The van der Waals surface area contributed by atoms with E-state index in [1.54, 1.807) is 11.3 Å². The van der Waals surface area contributed by atoms with Gasteiger partial charge in [0.2, 0.25) is 0 Å². The van der Waals surface area contributed by atoms with E-state index in [0.717, 1.165) is 11.0 Å². The van der Waals surface area contributed by atoms with Gasteiger partial charge in [0.15, 0.2) is 4.47 Å². The lowest BCUT2D eigenvalue weighted by Gasteiger charge is -2.20. The Hall–Kier alpha value is 0.270. The number of hydrogen-bond acceptors (Lipinski definition) is 3. The van der Waals surface area contributed by atoms with Crippen LogP contribution in [-0.4, -0.2) is 10.2 Å². The van der Waals surface area contributed by atoms with Gasteiger partial charge in [-0.1, -0.05) is 30.9 Å². The highest BCUT2D eigenvalue weighted by Gasteiger charge is 2.14. The molecule has 1 aromatic heterocycles. The zero-order valence-corrected chi connectivity index (χ0v) is 10.4. The number of nitrogens with zero attached hydrogens (tertiary/aromatic N) is 1. The maximum absolute atomic E-state index is 5.78. The van der Waals surface area contributed by atoms with Gasteiger partial charge in [-0.15, -0.1) is 11.3 Å². The van der Waals surface area contributed by atoms with E-state index in [-0.39, 0.29) is 0 Å². The fourth-order valence-corrected chi connectivity index (χ4v) is 4.14. The van der Waals surface area contributed by atoms with Crippen molar-refractivity contribution < 1.29 is 0 Å². The molecule has 0 aliphatic heterocycles. The van der Waals surface area contributed by atoms with E-state index < -0.39 is 0 Å². The van der Waals surface area contributed by atoms with E-state index in [1.807, 2.05) is 6.20 Å². The highest BCUT2D eigenvalue weighted by Crippen LogP contribution is 2.32. The molecular weight excluding hydrogens is 234 g/mol. The lowest BCUT2D eigenvalue weighted by molar-refractivity contribution is 0.516. The fraction of sp³-hybridized carbons (Fsp3) is 0.700. The average Bonchev–Trinajstić information content (AvgIpc) is 2.63. The van der Waals surface area contributed by atoms with E-state index in [9.17, 15) is 0 Å². The summed E-state index contributed by atoms with van der Waals surface area (Å²) in [5.74, 6) is 1.09. The average molecular weight is 248 g/mol. The first-order valence-corrected chi connectivity index (χ1v) is 7.31. The Bertz CT molecular complexity index is 281. The fourth-order valence-electron chi connectivity index (χ4n) is 1.78. The van der Waals surface area contributed by atoms with Crippen LogP contribution in [0.1, 0.15) is 37.0 Å². The number of aromatic nitrogens is 1. The van der Waals surface area contributed by atoms with Crippen molar-refractivity contribution in [2.45, 2.75) is 43.1 Å². The molecule has 1 nitrogen and oxygen atoms in total. The summed E-state index contributed by atoms with van der Waals surface area (Å²) >= 11 is 9.47. The molecule has 2 rings (SSSR count). The van der Waals surface area contributed by atoms with Crippen LogP contribution >= 0.6 is 34.7 Å². The van der Waals surface area contributed by atoms with Gasteiger partial charge in [0.05, 0.1) is 0 Å². The normalized spacial score (nSPS) is 18.6. The molecule has 1 aliphatic carbocycles. The summed E-state index contributed by atoms with van der Waals surface area (Å²) in [6.45, 7) is 0. The van der Waals surface area contributed by atoms with Crippen molar-refractivity contribution in [1.82, 2.24) is 4.98 Å². The molecule has 1 heterocycles. The second-order valence-corrected chi connectivity index (χ2v) is 6.64. The second-order valence-electron chi connectivity index (χ2n) is 3.65. The number of hydrogen-bond donors (Lipinski definition) is 0. The summed E-state index contributed by atoms with van der Waals surface area (Å²) in [6, 6.07) is 0. The van der Waals surface area contributed by atoms with Crippen molar-refractivity contribution >= 4 is 34.7 Å². The topological polar surface area (TPSA) is 12.9 Å². The lowest BCUT2D eigenvalue weighted by Crippen LogP contribution is -2.07. The van der Waals surface area contributed by atoms with Crippen LogP contribution < -0.4 is 0 Å². The number of rotatable bonds is 3. The third-order valence-electron chi connectivity index (χ3n) is 2.54. The molecular formula is C10H14ClNS2. The Morgan fingerprint density at radius 2 is 2.21 bits per heavy atom. The monoisotopic (exact) mass is 247 g/mol. The van der Waals surface area contributed by atoms with Gasteiger partial charge in [0.1, 0.15) is 0 Å². The predicted octanol–water partition coefficient (Wildman–Crippen LogP) is 4.36. The summed E-state index contributed by atoms with van der Waals surface area (Å²) in [6.07, 6.45) is 8.98. The zero-order chi connectivity index (χ0) is 9.80. The van der Waals surface area contributed by atoms with Crippen LogP contribution in [0.5, 0.6) is 0 Å². The number of thiazole rings is 1. The third kappa shape index (κ3) is 3.14. The highest BCUT2D eigenvalue weighted by molar-refractivity contribution is 7.99. The van der Waals surface area contributed by atoms with Crippen molar-refractivity contribution in [2.75, 3.05) is 0 Å². The molecule has 0 saturated heterocycles. The van der Waals surface area contributed by atoms with Crippen LogP contribution in [0, 0.1) is 0 Å². The second kappa shape index (κ2) is 5.38. The molecule has 1 saturated carbocycles. The molecule has 0 N–H and O–H groups in total. The molecule has 0 atom stereocenters. The number of halogens is 1. The first-order valence-electron chi connectivity index (χ1n) is 5.06. The molecule has 0 spiro atoms. The molecule has 4 heteroatoms. The Kier molecular flexibility index (Phi) is 4.14. The van der Waals surface area contributed by atoms with E-state index in [1.165, 1.54) is 37.0 Å². The van der Waals surface area contributed by atoms with Gasteiger partial charge in [-0.2, -0.15) is 11.8 Å². The van der Waals surface area contributed by atoms with Crippen LogP contribution in [0.3, 0.4) is 0 Å². The number of thioether (sulfide) groups is 1. The zero-order valence-electron chi connectivity index (χ0n) is 8.04. The van der Waals surface area contributed by atoms with Crippen LogP contribution in [0.4, 0.5) is 0 Å². The van der Waals surface area contributed by atoms with Crippen molar-refractivity contribution in [2.24, 2.45) is 0 Å². The Balaban J connectivity index is 1.76. The van der Waals surface area contributed by atoms with Crippen LogP contribution in [0.2, 0.25) is 4.47 Å². The molecule has 1 fully saturated rings. The molecule has 14 heavy (non-hydrogen) atoms. The van der Waals surface area contributed by atoms with Gasteiger partial charge >= 0.3 is 0 Å². The summed E-state index contributed by atoms with van der Waals surface area (Å²) < 4.78 is 0.671.